The van der Waals surface area contributed by atoms with Crippen molar-refractivity contribution in [3.05, 3.63) is 57.9 Å². The molecule has 7 heteroatoms. The highest BCUT2D eigenvalue weighted by Gasteiger charge is 2.12. The normalized spacial score (nSPS) is 10.6. The van der Waals surface area contributed by atoms with Crippen LogP contribution >= 0.6 is 11.3 Å². The van der Waals surface area contributed by atoms with Crippen LogP contribution in [0.1, 0.15) is 27.4 Å². The second kappa shape index (κ2) is 6.84. The quantitative estimate of drug-likeness (QED) is 0.670. The molecule has 0 fully saturated rings. The second-order valence-corrected chi connectivity index (χ2v) is 6.76. The van der Waals surface area contributed by atoms with Gasteiger partial charge in [0, 0.05) is 11.3 Å². The molecule has 0 unspecified atom stereocenters. The standard InChI is InChI=1S/C17H19N5OS/c1-10-4-6-13(7-5-10)8-15-12(3)19-17(24-15)21-16(23)20-14-9-18-22-11(14)2/h4-7,9H,8H2,1-3H3,(H,18,22)(H2,19,20,21,23). The van der Waals surface area contributed by atoms with Crippen LogP contribution in [0.4, 0.5) is 15.6 Å². The van der Waals surface area contributed by atoms with Crippen LogP contribution < -0.4 is 10.6 Å². The minimum absolute atomic E-state index is 0.324. The van der Waals surface area contributed by atoms with E-state index in [1.54, 1.807) is 6.20 Å². The van der Waals surface area contributed by atoms with E-state index in [2.05, 4.69) is 57.0 Å². The predicted octanol–water partition coefficient (Wildman–Crippen LogP) is 4.03. The summed E-state index contributed by atoms with van der Waals surface area (Å²) in [6, 6.07) is 8.12. The molecule has 0 aliphatic heterocycles. The summed E-state index contributed by atoms with van der Waals surface area (Å²) in [5, 5.41) is 12.8. The van der Waals surface area contributed by atoms with Gasteiger partial charge in [0.1, 0.15) is 0 Å². The summed E-state index contributed by atoms with van der Waals surface area (Å²) in [7, 11) is 0. The lowest BCUT2D eigenvalue weighted by Crippen LogP contribution is -2.19. The SMILES string of the molecule is Cc1ccc(Cc2sc(NC(=O)Nc3cn[nH]c3C)nc2C)cc1. The van der Waals surface area contributed by atoms with Crippen molar-refractivity contribution in [1.29, 1.82) is 0 Å². The van der Waals surface area contributed by atoms with E-state index in [0.717, 1.165) is 22.7 Å². The fourth-order valence-corrected chi connectivity index (χ4v) is 3.26. The lowest BCUT2D eigenvalue weighted by molar-refractivity contribution is 0.262. The van der Waals surface area contributed by atoms with E-state index in [9.17, 15) is 4.79 Å². The summed E-state index contributed by atoms with van der Waals surface area (Å²) in [5.41, 5.74) is 4.88. The number of aromatic amines is 1. The maximum Gasteiger partial charge on any atom is 0.325 e. The second-order valence-electron chi connectivity index (χ2n) is 5.68. The Morgan fingerprint density at radius 2 is 1.92 bits per heavy atom. The minimum atomic E-state index is -0.324. The Labute approximate surface area is 144 Å². The van der Waals surface area contributed by atoms with Crippen LogP contribution in [0.25, 0.3) is 0 Å². The van der Waals surface area contributed by atoms with Gasteiger partial charge in [-0.25, -0.2) is 9.78 Å². The minimum Gasteiger partial charge on any atom is -0.305 e. The van der Waals surface area contributed by atoms with Crippen molar-refractivity contribution in [2.75, 3.05) is 10.6 Å². The third kappa shape index (κ3) is 3.80. The van der Waals surface area contributed by atoms with Gasteiger partial charge < -0.3 is 5.32 Å². The molecule has 2 heterocycles. The molecule has 1 aromatic carbocycles. The first-order valence-electron chi connectivity index (χ1n) is 7.61. The molecule has 6 nitrogen and oxygen atoms in total. The van der Waals surface area contributed by atoms with Gasteiger partial charge in [0.25, 0.3) is 0 Å². The lowest BCUT2D eigenvalue weighted by atomic mass is 10.1. The van der Waals surface area contributed by atoms with Crippen molar-refractivity contribution in [3.8, 4) is 0 Å². The third-order valence-electron chi connectivity index (χ3n) is 3.68. The van der Waals surface area contributed by atoms with Crippen LogP contribution in [-0.2, 0) is 6.42 Å². The number of urea groups is 1. The first-order chi connectivity index (χ1) is 11.5. The number of aryl methyl sites for hydroxylation is 3. The molecule has 3 N–H and O–H groups in total. The Kier molecular flexibility index (Phi) is 4.61. The average molecular weight is 341 g/mol. The van der Waals surface area contributed by atoms with Gasteiger partial charge in [-0.3, -0.25) is 10.4 Å². The van der Waals surface area contributed by atoms with E-state index in [1.807, 2.05) is 13.8 Å². The Morgan fingerprint density at radius 1 is 1.17 bits per heavy atom. The van der Waals surface area contributed by atoms with Gasteiger partial charge in [0.2, 0.25) is 0 Å². The number of thiazole rings is 1. The van der Waals surface area contributed by atoms with Gasteiger partial charge in [-0.2, -0.15) is 5.10 Å². The number of amides is 2. The van der Waals surface area contributed by atoms with E-state index in [1.165, 1.54) is 22.5 Å². The maximum absolute atomic E-state index is 12.1. The number of hydrogen-bond donors (Lipinski definition) is 3. The molecule has 0 aliphatic rings. The van der Waals surface area contributed by atoms with E-state index >= 15 is 0 Å². The Hall–Kier alpha value is -2.67. The number of H-pyrrole nitrogens is 1. The Balaban J connectivity index is 1.66. The number of rotatable bonds is 4. The van der Waals surface area contributed by atoms with E-state index < -0.39 is 0 Å². The molecule has 0 spiro atoms. The van der Waals surface area contributed by atoms with Crippen molar-refractivity contribution in [1.82, 2.24) is 15.2 Å². The molecular weight excluding hydrogens is 322 g/mol. The first-order valence-corrected chi connectivity index (χ1v) is 8.43. The monoisotopic (exact) mass is 341 g/mol. The Morgan fingerprint density at radius 3 is 2.58 bits per heavy atom. The summed E-state index contributed by atoms with van der Waals surface area (Å²) >= 11 is 1.50. The number of carbonyl (C=O) groups is 1. The van der Waals surface area contributed by atoms with Gasteiger partial charge >= 0.3 is 6.03 Å². The van der Waals surface area contributed by atoms with E-state index in [0.29, 0.717) is 10.8 Å². The number of nitrogens with zero attached hydrogens (tertiary/aromatic N) is 2. The molecule has 0 atom stereocenters. The molecule has 0 bridgehead atoms. The summed E-state index contributed by atoms with van der Waals surface area (Å²) in [4.78, 5) is 17.6. The van der Waals surface area contributed by atoms with Gasteiger partial charge in [0.05, 0.1) is 23.3 Å². The van der Waals surface area contributed by atoms with Crippen molar-refractivity contribution in [2.24, 2.45) is 0 Å². The number of anilines is 2. The highest BCUT2D eigenvalue weighted by Crippen LogP contribution is 2.25. The molecule has 3 rings (SSSR count). The van der Waals surface area contributed by atoms with Gasteiger partial charge in [-0.05, 0) is 26.3 Å². The van der Waals surface area contributed by atoms with Crippen molar-refractivity contribution in [2.45, 2.75) is 27.2 Å². The van der Waals surface area contributed by atoms with Crippen molar-refractivity contribution in [3.63, 3.8) is 0 Å². The fraction of sp³-hybridized carbons (Fsp3) is 0.235. The zero-order valence-electron chi connectivity index (χ0n) is 13.8. The van der Waals surface area contributed by atoms with E-state index in [-0.39, 0.29) is 6.03 Å². The summed E-state index contributed by atoms with van der Waals surface area (Å²) in [6.45, 7) is 5.88. The first kappa shape index (κ1) is 16.2. The predicted molar refractivity (Wildman–Crippen MR) is 96.8 cm³/mol. The van der Waals surface area contributed by atoms with Crippen LogP contribution in [0, 0.1) is 20.8 Å². The molecule has 3 aromatic rings. The molecule has 124 valence electrons. The highest BCUT2D eigenvalue weighted by molar-refractivity contribution is 7.15. The largest absolute Gasteiger partial charge is 0.325 e. The lowest BCUT2D eigenvalue weighted by Gasteiger charge is -2.03. The summed E-state index contributed by atoms with van der Waals surface area (Å²) in [6.07, 6.45) is 2.39. The number of aromatic nitrogens is 3. The number of carbonyl (C=O) groups excluding carboxylic acids is 1. The number of benzene rings is 1. The fourth-order valence-electron chi connectivity index (χ4n) is 2.26. The smallest absolute Gasteiger partial charge is 0.305 e. The third-order valence-corrected chi connectivity index (χ3v) is 4.75. The van der Waals surface area contributed by atoms with Crippen molar-refractivity contribution < 1.29 is 4.79 Å². The van der Waals surface area contributed by atoms with Crippen LogP contribution in [0.3, 0.4) is 0 Å². The van der Waals surface area contributed by atoms with Gasteiger partial charge in [-0.1, -0.05) is 29.8 Å². The molecule has 0 radical (unpaired) electrons. The highest BCUT2D eigenvalue weighted by atomic mass is 32.1. The van der Waals surface area contributed by atoms with E-state index in [4.69, 9.17) is 0 Å². The zero-order valence-corrected chi connectivity index (χ0v) is 14.6. The molecule has 0 aliphatic carbocycles. The number of hydrogen-bond acceptors (Lipinski definition) is 4. The maximum atomic E-state index is 12.1. The average Bonchev–Trinajstić information content (AvgIpc) is 3.08. The molecule has 24 heavy (non-hydrogen) atoms. The Bertz CT molecular complexity index is 850. The van der Waals surface area contributed by atoms with Crippen LogP contribution in [0.5, 0.6) is 0 Å². The van der Waals surface area contributed by atoms with Crippen LogP contribution in [-0.4, -0.2) is 21.2 Å². The zero-order chi connectivity index (χ0) is 17.1. The molecule has 2 amide bonds. The van der Waals surface area contributed by atoms with Crippen LogP contribution in [0.2, 0.25) is 0 Å². The van der Waals surface area contributed by atoms with Crippen LogP contribution in [0.15, 0.2) is 30.5 Å². The molecule has 0 saturated carbocycles. The summed E-state index contributed by atoms with van der Waals surface area (Å²) < 4.78 is 0. The molecule has 0 saturated heterocycles. The summed E-state index contributed by atoms with van der Waals surface area (Å²) in [5.74, 6) is 0. The van der Waals surface area contributed by atoms with Gasteiger partial charge in [-0.15, -0.1) is 11.3 Å². The number of nitrogens with one attached hydrogen (secondary N) is 3. The van der Waals surface area contributed by atoms with Crippen molar-refractivity contribution >= 4 is 28.2 Å². The topological polar surface area (TPSA) is 82.7 Å². The van der Waals surface area contributed by atoms with Gasteiger partial charge in [0.15, 0.2) is 5.13 Å². The molecular formula is C17H19N5OS. The molecule has 2 aromatic heterocycles.